The molecular weight excluding hydrogens is 395 g/mol. The van der Waals surface area contributed by atoms with E-state index in [1.165, 1.54) is 0 Å². The van der Waals surface area contributed by atoms with Crippen LogP contribution in [-0.4, -0.2) is 27.4 Å². The molecule has 168 valence electrons. The Kier molecular flexibility index (Phi) is 7.14. The van der Waals surface area contributed by atoms with Crippen LogP contribution >= 0.6 is 0 Å². The molecule has 5 heteroatoms. The van der Waals surface area contributed by atoms with E-state index < -0.39 is 6.17 Å². The monoisotopic (exact) mass is 428 g/mol. The van der Waals surface area contributed by atoms with Gasteiger partial charge in [-0.05, 0) is 54.7 Å². The molecule has 0 radical (unpaired) electrons. The maximum atomic E-state index is 16.2. The van der Waals surface area contributed by atoms with Crippen molar-refractivity contribution >= 4 is 0 Å². The Balaban J connectivity index is 2.03. The summed E-state index contributed by atoms with van der Waals surface area (Å²) in [6.07, 6.45) is -0.417. The predicted octanol–water partition coefficient (Wildman–Crippen LogP) is 6.35. The van der Waals surface area contributed by atoms with Gasteiger partial charge in [0.05, 0.1) is 20.8 Å². The second-order valence-corrected chi connectivity index (χ2v) is 8.32. The Labute approximate surface area is 185 Å². The van der Waals surface area contributed by atoms with Crippen molar-refractivity contribution in [2.24, 2.45) is 5.92 Å². The van der Waals surface area contributed by atoms with E-state index in [0.717, 1.165) is 34.4 Å². The van der Waals surface area contributed by atoms with Gasteiger partial charge in [0.2, 0.25) is 0 Å². The zero-order valence-electron chi connectivity index (χ0n) is 19.4. The normalized spacial score (nSPS) is 18.5. The lowest BCUT2D eigenvalue weighted by molar-refractivity contribution is 0.146. The minimum atomic E-state index is -1.18. The minimum absolute atomic E-state index is 0.00409. The van der Waals surface area contributed by atoms with Crippen molar-refractivity contribution in [1.29, 1.82) is 0 Å². The first kappa shape index (κ1) is 23.0. The molecule has 1 heterocycles. The fourth-order valence-electron chi connectivity index (χ4n) is 4.36. The standard InChI is InChI=1S/C26H33FO4/c1-8-18-17(5)19(9-10-21(18)30-13-15(2)3)26(27)25-16(4)14-31-22-12-24(29-7)23(28-6)11-20(22)25/h9-12,16,25-26H,2,8,13-14H2,1,3-7H3/t16?,25?,26-/m0/s1. The third-order valence-electron chi connectivity index (χ3n) is 6.03. The lowest BCUT2D eigenvalue weighted by Crippen LogP contribution is -2.27. The second-order valence-electron chi connectivity index (χ2n) is 8.32. The van der Waals surface area contributed by atoms with Crippen LogP contribution in [0.4, 0.5) is 4.39 Å². The SMILES string of the molecule is C=C(C)COc1ccc([C@H](F)C2c3cc(OC)c(OC)cc3OCC2C)c(C)c1CC. The highest BCUT2D eigenvalue weighted by Crippen LogP contribution is 2.50. The van der Waals surface area contributed by atoms with E-state index in [1.54, 1.807) is 20.3 Å². The first-order valence-electron chi connectivity index (χ1n) is 10.7. The lowest BCUT2D eigenvalue weighted by atomic mass is 9.78. The lowest BCUT2D eigenvalue weighted by Gasteiger charge is -2.35. The molecule has 2 aromatic carbocycles. The van der Waals surface area contributed by atoms with Crippen LogP contribution in [-0.2, 0) is 6.42 Å². The molecule has 31 heavy (non-hydrogen) atoms. The molecule has 0 aromatic heterocycles. The van der Waals surface area contributed by atoms with Crippen LogP contribution < -0.4 is 18.9 Å². The van der Waals surface area contributed by atoms with E-state index in [1.807, 2.05) is 39.0 Å². The Hall–Kier alpha value is -2.69. The zero-order chi connectivity index (χ0) is 22.7. The largest absolute Gasteiger partial charge is 0.493 e. The number of methoxy groups -OCH3 is 2. The molecule has 1 aliphatic rings. The molecule has 0 fully saturated rings. The third-order valence-corrected chi connectivity index (χ3v) is 6.03. The number of hydrogen-bond donors (Lipinski definition) is 0. The van der Waals surface area contributed by atoms with Gasteiger partial charge in [-0.1, -0.05) is 26.5 Å². The van der Waals surface area contributed by atoms with Crippen LogP contribution in [0.15, 0.2) is 36.4 Å². The molecule has 0 N–H and O–H groups in total. The third kappa shape index (κ3) is 4.51. The van der Waals surface area contributed by atoms with Gasteiger partial charge in [0.25, 0.3) is 0 Å². The van der Waals surface area contributed by atoms with E-state index >= 15 is 4.39 Å². The smallest absolute Gasteiger partial charge is 0.164 e. The molecule has 0 aliphatic carbocycles. The van der Waals surface area contributed by atoms with Crippen LogP contribution in [0.3, 0.4) is 0 Å². The number of rotatable bonds is 8. The van der Waals surface area contributed by atoms with Crippen LogP contribution in [0.25, 0.3) is 0 Å². The van der Waals surface area contributed by atoms with Crippen LogP contribution in [0.2, 0.25) is 0 Å². The van der Waals surface area contributed by atoms with Crippen molar-refractivity contribution in [3.05, 3.63) is 58.7 Å². The average Bonchev–Trinajstić information content (AvgIpc) is 2.76. The molecule has 3 rings (SSSR count). The Bertz CT molecular complexity index is 953. The number of fused-ring (bicyclic) bond motifs is 1. The number of hydrogen-bond acceptors (Lipinski definition) is 4. The molecule has 0 spiro atoms. The van der Waals surface area contributed by atoms with Crippen LogP contribution in [0, 0.1) is 12.8 Å². The fraction of sp³-hybridized carbons (Fsp3) is 0.462. The molecule has 3 atom stereocenters. The molecule has 1 aliphatic heterocycles. The summed E-state index contributed by atoms with van der Waals surface area (Å²) in [5.41, 5.74) is 4.43. The van der Waals surface area contributed by atoms with Gasteiger partial charge in [-0.3, -0.25) is 0 Å². The minimum Gasteiger partial charge on any atom is -0.493 e. The number of benzene rings is 2. The van der Waals surface area contributed by atoms with Crippen LogP contribution in [0.1, 0.15) is 55.1 Å². The molecule has 0 saturated heterocycles. The van der Waals surface area contributed by atoms with Gasteiger partial charge in [-0.2, -0.15) is 0 Å². The quantitative estimate of drug-likeness (QED) is 0.459. The van der Waals surface area contributed by atoms with Gasteiger partial charge in [0.15, 0.2) is 11.5 Å². The van der Waals surface area contributed by atoms with Gasteiger partial charge in [-0.15, -0.1) is 0 Å². The average molecular weight is 429 g/mol. The summed E-state index contributed by atoms with van der Waals surface area (Å²) in [6.45, 7) is 12.8. The molecular formula is C26H33FO4. The van der Waals surface area contributed by atoms with Crippen molar-refractivity contribution in [2.75, 3.05) is 27.4 Å². The maximum Gasteiger partial charge on any atom is 0.164 e. The van der Waals surface area contributed by atoms with Gasteiger partial charge in [0, 0.05) is 23.5 Å². The summed E-state index contributed by atoms with van der Waals surface area (Å²) >= 11 is 0. The summed E-state index contributed by atoms with van der Waals surface area (Å²) in [5, 5.41) is 0. The predicted molar refractivity (Wildman–Crippen MR) is 122 cm³/mol. The first-order chi connectivity index (χ1) is 14.8. The zero-order valence-corrected chi connectivity index (χ0v) is 19.4. The molecule has 2 unspecified atom stereocenters. The van der Waals surface area contributed by atoms with E-state index in [9.17, 15) is 0 Å². The molecule has 0 bridgehead atoms. The van der Waals surface area contributed by atoms with Gasteiger partial charge in [-0.25, -0.2) is 4.39 Å². The summed E-state index contributed by atoms with van der Waals surface area (Å²) < 4.78 is 38.9. The Morgan fingerprint density at radius 3 is 2.48 bits per heavy atom. The molecule has 0 amide bonds. The van der Waals surface area contributed by atoms with E-state index in [2.05, 4.69) is 13.5 Å². The van der Waals surface area contributed by atoms with E-state index in [-0.39, 0.29) is 11.8 Å². The van der Waals surface area contributed by atoms with E-state index in [4.69, 9.17) is 18.9 Å². The molecule has 0 saturated carbocycles. The fourth-order valence-corrected chi connectivity index (χ4v) is 4.36. The number of alkyl halides is 1. The summed E-state index contributed by atoms with van der Waals surface area (Å²) in [5.74, 6) is 2.25. The van der Waals surface area contributed by atoms with Crippen molar-refractivity contribution in [2.45, 2.75) is 46.2 Å². The summed E-state index contributed by atoms with van der Waals surface area (Å²) in [4.78, 5) is 0. The van der Waals surface area contributed by atoms with Gasteiger partial charge >= 0.3 is 0 Å². The Morgan fingerprint density at radius 1 is 1.19 bits per heavy atom. The van der Waals surface area contributed by atoms with Crippen molar-refractivity contribution in [1.82, 2.24) is 0 Å². The van der Waals surface area contributed by atoms with Gasteiger partial charge in [0.1, 0.15) is 24.3 Å². The van der Waals surface area contributed by atoms with Gasteiger partial charge < -0.3 is 18.9 Å². The van der Waals surface area contributed by atoms with Crippen LogP contribution in [0.5, 0.6) is 23.0 Å². The maximum absolute atomic E-state index is 16.2. The second kappa shape index (κ2) is 9.63. The van der Waals surface area contributed by atoms with Crippen molar-refractivity contribution in [3.63, 3.8) is 0 Å². The highest BCUT2D eigenvalue weighted by molar-refractivity contribution is 5.54. The molecule has 4 nitrogen and oxygen atoms in total. The van der Waals surface area contributed by atoms with E-state index in [0.29, 0.717) is 36.0 Å². The Morgan fingerprint density at radius 2 is 1.87 bits per heavy atom. The number of halogens is 1. The first-order valence-corrected chi connectivity index (χ1v) is 10.7. The summed E-state index contributed by atoms with van der Waals surface area (Å²) in [7, 11) is 3.17. The summed E-state index contributed by atoms with van der Waals surface area (Å²) in [6, 6.07) is 7.38. The topological polar surface area (TPSA) is 36.9 Å². The highest BCUT2D eigenvalue weighted by Gasteiger charge is 2.37. The highest BCUT2D eigenvalue weighted by atomic mass is 19.1. The molecule has 2 aromatic rings. The number of ether oxygens (including phenoxy) is 4. The van der Waals surface area contributed by atoms with Crippen molar-refractivity contribution in [3.8, 4) is 23.0 Å². The van der Waals surface area contributed by atoms with Crippen molar-refractivity contribution < 1.29 is 23.3 Å².